The molecule has 2 aromatic rings. The molecular weight excluding hydrogens is 434 g/mol. The maximum absolute atomic E-state index is 13.0. The summed E-state index contributed by atoms with van der Waals surface area (Å²) in [7, 11) is 1.74. The van der Waals surface area contributed by atoms with Gasteiger partial charge in [-0.1, -0.05) is 55.5 Å². The summed E-state index contributed by atoms with van der Waals surface area (Å²) in [4.78, 5) is 40.3. The molecule has 1 aliphatic carbocycles. The highest BCUT2D eigenvalue weighted by Crippen LogP contribution is 2.44. The number of carbonyl (C=O) groups is 3. The Morgan fingerprint density at radius 3 is 2.21 bits per heavy atom. The first kappa shape index (κ1) is 23.8. The number of amides is 2. The number of hydrogen-bond acceptors (Lipinski definition) is 5. The van der Waals surface area contributed by atoms with E-state index in [4.69, 9.17) is 4.74 Å². The fourth-order valence-corrected chi connectivity index (χ4v) is 4.79. The topological polar surface area (TPSA) is 99.2 Å². The maximum atomic E-state index is 13.0. The first-order valence-corrected chi connectivity index (χ1v) is 11.6. The highest BCUT2D eigenvalue weighted by molar-refractivity contribution is 5.82. The number of hydrogen-bond donors (Lipinski definition) is 2. The number of rotatable bonds is 6. The number of aliphatic carboxylic acids is 1. The molecule has 2 amide bonds. The zero-order valence-electron chi connectivity index (χ0n) is 19.7. The zero-order valence-corrected chi connectivity index (χ0v) is 19.7. The molecule has 0 bridgehead atoms. The molecule has 180 valence electrons. The summed E-state index contributed by atoms with van der Waals surface area (Å²) in [5.41, 5.74) is 4.59. The first-order chi connectivity index (χ1) is 16.3. The minimum atomic E-state index is -0.947. The number of nitrogens with one attached hydrogen (secondary N) is 1. The minimum absolute atomic E-state index is 0.0363. The Labute approximate surface area is 199 Å². The highest BCUT2D eigenvalue weighted by Gasteiger charge is 2.35. The normalized spacial score (nSPS) is 19.6. The van der Waals surface area contributed by atoms with Crippen molar-refractivity contribution in [3.63, 3.8) is 0 Å². The summed E-state index contributed by atoms with van der Waals surface area (Å²) in [5, 5.41) is 12.2. The lowest BCUT2D eigenvalue weighted by Crippen LogP contribution is -2.58. The highest BCUT2D eigenvalue weighted by atomic mass is 16.5. The van der Waals surface area contributed by atoms with Gasteiger partial charge in [0.05, 0.1) is 5.92 Å². The van der Waals surface area contributed by atoms with E-state index >= 15 is 0 Å². The lowest BCUT2D eigenvalue weighted by molar-refractivity contribution is -0.148. The number of piperazine rings is 1. The summed E-state index contributed by atoms with van der Waals surface area (Å²) in [5.74, 6) is -1.67. The van der Waals surface area contributed by atoms with Crippen LogP contribution in [0, 0.1) is 5.92 Å². The molecular formula is C26H31N3O5. The number of benzene rings is 2. The summed E-state index contributed by atoms with van der Waals surface area (Å²) < 4.78 is 5.59. The second-order valence-electron chi connectivity index (χ2n) is 9.17. The number of nitrogens with zero attached hydrogens (tertiary/aromatic N) is 2. The minimum Gasteiger partial charge on any atom is -0.480 e. The molecule has 0 spiro atoms. The third-order valence-corrected chi connectivity index (χ3v) is 7.07. The monoisotopic (exact) mass is 465 g/mol. The van der Waals surface area contributed by atoms with E-state index in [0.29, 0.717) is 13.1 Å². The van der Waals surface area contributed by atoms with Crippen molar-refractivity contribution in [3.05, 3.63) is 59.7 Å². The Kier molecular flexibility index (Phi) is 6.88. The van der Waals surface area contributed by atoms with Crippen LogP contribution >= 0.6 is 0 Å². The molecule has 3 unspecified atom stereocenters. The van der Waals surface area contributed by atoms with Crippen LogP contribution in [0.4, 0.5) is 4.79 Å². The number of carboxylic acid groups (broad SMARTS) is 1. The van der Waals surface area contributed by atoms with Crippen LogP contribution in [-0.2, 0) is 14.3 Å². The van der Waals surface area contributed by atoms with Gasteiger partial charge in [-0.2, -0.15) is 0 Å². The van der Waals surface area contributed by atoms with Crippen LogP contribution in [0.5, 0.6) is 0 Å². The molecule has 8 nitrogen and oxygen atoms in total. The van der Waals surface area contributed by atoms with Crippen LogP contribution in [-0.4, -0.2) is 78.2 Å². The van der Waals surface area contributed by atoms with Crippen molar-refractivity contribution in [1.29, 1.82) is 0 Å². The Balaban J connectivity index is 1.34. The number of alkyl carbamates (subject to hydrolysis) is 1. The quantitative estimate of drug-likeness (QED) is 0.681. The number of fused-ring (bicyclic) bond motifs is 3. The maximum Gasteiger partial charge on any atom is 0.407 e. The van der Waals surface area contributed by atoms with E-state index in [9.17, 15) is 19.5 Å². The predicted octanol–water partition coefficient (Wildman–Crippen LogP) is 2.78. The zero-order chi connectivity index (χ0) is 24.4. The molecule has 0 aromatic heterocycles. The summed E-state index contributed by atoms with van der Waals surface area (Å²) in [6.07, 6.45) is -0.573. The third kappa shape index (κ3) is 4.63. The van der Waals surface area contributed by atoms with Crippen LogP contribution in [0.15, 0.2) is 48.5 Å². The summed E-state index contributed by atoms with van der Waals surface area (Å²) >= 11 is 0. The van der Waals surface area contributed by atoms with E-state index in [1.54, 1.807) is 30.7 Å². The predicted molar refractivity (Wildman–Crippen MR) is 127 cm³/mol. The fraction of sp³-hybridized carbons (Fsp3) is 0.423. The van der Waals surface area contributed by atoms with Crippen LogP contribution < -0.4 is 5.32 Å². The van der Waals surface area contributed by atoms with Gasteiger partial charge in [0.15, 0.2) is 0 Å². The van der Waals surface area contributed by atoms with Crippen LogP contribution in [0.25, 0.3) is 11.1 Å². The van der Waals surface area contributed by atoms with Crippen molar-refractivity contribution in [2.24, 2.45) is 5.92 Å². The molecule has 8 heteroatoms. The molecule has 1 aliphatic heterocycles. The van der Waals surface area contributed by atoms with Gasteiger partial charge in [-0.15, -0.1) is 0 Å². The van der Waals surface area contributed by atoms with E-state index < -0.39 is 30.1 Å². The average Bonchev–Trinajstić information content (AvgIpc) is 3.15. The second kappa shape index (κ2) is 9.85. The lowest BCUT2D eigenvalue weighted by Gasteiger charge is -2.38. The van der Waals surface area contributed by atoms with E-state index in [1.165, 1.54) is 0 Å². The fourth-order valence-electron chi connectivity index (χ4n) is 4.79. The Morgan fingerprint density at radius 2 is 1.62 bits per heavy atom. The number of carboxylic acids is 1. The molecule has 0 saturated carbocycles. The number of likely N-dealkylation sites (N-methyl/N-ethyl adjacent to an activating group) is 1. The summed E-state index contributed by atoms with van der Waals surface area (Å²) in [6.45, 7) is 4.78. The van der Waals surface area contributed by atoms with Gasteiger partial charge in [-0.25, -0.2) is 4.79 Å². The molecule has 1 saturated heterocycles. The van der Waals surface area contributed by atoms with Crippen molar-refractivity contribution in [2.45, 2.75) is 31.8 Å². The van der Waals surface area contributed by atoms with Gasteiger partial charge < -0.3 is 20.1 Å². The van der Waals surface area contributed by atoms with Gasteiger partial charge in [-0.3, -0.25) is 14.5 Å². The third-order valence-electron chi connectivity index (χ3n) is 7.07. The van der Waals surface area contributed by atoms with Crippen molar-refractivity contribution < 1.29 is 24.2 Å². The molecule has 1 heterocycles. The number of ether oxygens (including phenoxy) is 1. The standard InChI is InChI=1S/C26H31N3O5/c1-16(24(30)29-13-12-28(3)23(14-29)25(31)32)17(2)27-26(33)34-15-22-20-10-6-4-8-18(20)19-9-5-7-11-21(19)22/h4-11,16-17,22-23H,12-15H2,1-3H3,(H,27,33)(H,31,32). The van der Waals surface area contributed by atoms with Crippen molar-refractivity contribution in [3.8, 4) is 11.1 Å². The van der Waals surface area contributed by atoms with Gasteiger partial charge in [0.25, 0.3) is 0 Å². The van der Waals surface area contributed by atoms with E-state index in [1.807, 2.05) is 24.3 Å². The summed E-state index contributed by atoms with van der Waals surface area (Å²) in [6, 6.07) is 15.1. The van der Waals surface area contributed by atoms with Gasteiger partial charge in [0.2, 0.25) is 5.91 Å². The second-order valence-corrected chi connectivity index (χ2v) is 9.17. The van der Waals surface area contributed by atoms with Crippen LogP contribution in [0.1, 0.15) is 30.9 Å². The Hall–Kier alpha value is -3.39. The molecule has 2 aromatic carbocycles. The van der Waals surface area contributed by atoms with E-state index in [0.717, 1.165) is 22.3 Å². The van der Waals surface area contributed by atoms with Crippen molar-refractivity contribution >= 4 is 18.0 Å². The van der Waals surface area contributed by atoms with Gasteiger partial charge in [-0.05, 0) is 36.2 Å². The SMILES string of the molecule is CC(NC(=O)OCC1c2ccccc2-c2ccccc21)C(C)C(=O)N1CCN(C)C(C(=O)O)C1. The van der Waals surface area contributed by atoms with Gasteiger partial charge in [0.1, 0.15) is 12.6 Å². The molecule has 4 rings (SSSR count). The number of carbonyl (C=O) groups excluding carboxylic acids is 2. The smallest absolute Gasteiger partial charge is 0.407 e. The Morgan fingerprint density at radius 1 is 1.03 bits per heavy atom. The average molecular weight is 466 g/mol. The van der Waals surface area contributed by atoms with Crippen molar-refractivity contribution in [1.82, 2.24) is 15.1 Å². The van der Waals surface area contributed by atoms with E-state index in [2.05, 4.69) is 29.6 Å². The largest absolute Gasteiger partial charge is 0.480 e. The Bertz CT molecular complexity index is 1040. The van der Waals surface area contributed by atoms with Crippen LogP contribution in [0.2, 0.25) is 0 Å². The molecule has 3 atom stereocenters. The first-order valence-electron chi connectivity index (χ1n) is 11.6. The van der Waals surface area contributed by atoms with E-state index in [-0.39, 0.29) is 25.0 Å². The van der Waals surface area contributed by atoms with Crippen LogP contribution in [0.3, 0.4) is 0 Å². The molecule has 2 aliphatic rings. The molecule has 2 N–H and O–H groups in total. The molecule has 0 radical (unpaired) electrons. The molecule has 1 fully saturated rings. The van der Waals surface area contributed by atoms with Gasteiger partial charge >= 0.3 is 12.1 Å². The van der Waals surface area contributed by atoms with Gasteiger partial charge in [0, 0.05) is 31.6 Å². The lowest BCUT2D eigenvalue weighted by atomic mass is 9.98. The van der Waals surface area contributed by atoms with Crippen molar-refractivity contribution in [2.75, 3.05) is 33.3 Å². The molecule has 34 heavy (non-hydrogen) atoms.